The molecule has 0 aliphatic carbocycles. The van der Waals surface area contributed by atoms with Gasteiger partial charge in [-0.2, -0.15) is 5.26 Å². The molecule has 1 N–H and O–H groups in total. The SMILES string of the molecule is CC1CN(C(=O)/C(C#N)=C\Nc2ccc(C(C)C)cc2)CC(C)O1. The molecule has 0 saturated carbocycles. The van der Waals surface area contributed by atoms with Gasteiger partial charge in [0.25, 0.3) is 5.91 Å². The third kappa shape index (κ3) is 4.59. The van der Waals surface area contributed by atoms with Crippen LogP contribution >= 0.6 is 0 Å². The topological polar surface area (TPSA) is 65.4 Å². The predicted octanol–water partition coefficient (Wildman–Crippen LogP) is 3.27. The molecule has 1 saturated heterocycles. The third-order valence-electron chi connectivity index (χ3n) is 4.02. The molecule has 1 fully saturated rings. The number of hydrogen-bond donors (Lipinski definition) is 1. The summed E-state index contributed by atoms with van der Waals surface area (Å²) < 4.78 is 5.63. The molecule has 1 amide bonds. The number of benzene rings is 1. The van der Waals surface area contributed by atoms with Gasteiger partial charge in [0.15, 0.2) is 0 Å². The highest BCUT2D eigenvalue weighted by atomic mass is 16.5. The lowest BCUT2D eigenvalue weighted by Crippen LogP contribution is -2.48. The van der Waals surface area contributed by atoms with Crippen LogP contribution in [0.3, 0.4) is 0 Å². The first-order chi connectivity index (χ1) is 11.4. The number of morpholine rings is 1. The maximum absolute atomic E-state index is 12.5. The van der Waals surface area contributed by atoms with Gasteiger partial charge in [-0.15, -0.1) is 0 Å². The van der Waals surface area contributed by atoms with Crippen molar-refractivity contribution in [1.29, 1.82) is 5.26 Å². The van der Waals surface area contributed by atoms with E-state index in [2.05, 4.69) is 19.2 Å². The molecule has 1 heterocycles. The minimum absolute atomic E-state index is 0.0193. The maximum atomic E-state index is 12.5. The van der Waals surface area contributed by atoms with Crippen LogP contribution in [0.15, 0.2) is 36.0 Å². The van der Waals surface area contributed by atoms with Crippen molar-refractivity contribution in [2.45, 2.75) is 45.8 Å². The lowest BCUT2D eigenvalue weighted by atomic mass is 10.0. The quantitative estimate of drug-likeness (QED) is 0.681. The Morgan fingerprint density at radius 2 is 1.88 bits per heavy atom. The molecule has 0 radical (unpaired) electrons. The molecular formula is C19H25N3O2. The van der Waals surface area contributed by atoms with E-state index in [1.165, 1.54) is 11.8 Å². The van der Waals surface area contributed by atoms with Crippen LogP contribution < -0.4 is 5.32 Å². The Bertz CT molecular complexity index is 634. The van der Waals surface area contributed by atoms with Gasteiger partial charge >= 0.3 is 0 Å². The van der Waals surface area contributed by atoms with Crippen LogP contribution in [0.5, 0.6) is 0 Å². The second kappa shape index (κ2) is 7.98. The summed E-state index contributed by atoms with van der Waals surface area (Å²) >= 11 is 0. The third-order valence-corrected chi connectivity index (χ3v) is 4.02. The van der Waals surface area contributed by atoms with E-state index in [0.29, 0.717) is 19.0 Å². The summed E-state index contributed by atoms with van der Waals surface area (Å²) in [4.78, 5) is 14.2. The Labute approximate surface area is 143 Å². The highest BCUT2D eigenvalue weighted by Gasteiger charge is 2.27. The molecule has 1 aromatic rings. The van der Waals surface area contributed by atoms with Crippen molar-refractivity contribution in [3.63, 3.8) is 0 Å². The smallest absolute Gasteiger partial charge is 0.266 e. The van der Waals surface area contributed by atoms with Gasteiger partial charge in [0.1, 0.15) is 11.6 Å². The Balaban J connectivity index is 2.05. The van der Waals surface area contributed by atoms with Crippen LogP contribution in [0.2, 0.25) is 0 Å². The van der Waals surface area contributed by atoms with Crippen LogP contribution in [-0.4, -0.2) is 36.1 Å². The zero-order valence-corrected chi connectivity index (χ0v) is 14.7. The average molecular weight is 327 g/mol. The Kier molecular flexibility index (Phi) is 5.99. The zero-order valence-electron chi connectivity index (χ0n) is 14.7. The van der Waals surface area contributed by atoms with Crippen molar-refractivity contribution in [2.24, 2.45) is 0 Å². The summed E-state index contributed by atoms with van der Waals surface area (Å²) in [6.07, 6.45) is 1.45. The molecule has 24 heavy (non-hydrogen) atoms. The number of nitrogens with zero attached hydrogens (tertiary/aromatic N) is 2. The number of amides is 1. The van der Waals surface area contributed by atoms with Crippen molar-refractivity contribution in [1.82, 2.24) is 4.90 Å². The van der Waals surface area contributed by atoms with E-state index >= 15 is 0 Å². The van der Waals surface area contributed by atoms with E-state index in [1.807, 2.05) is 44.2 Å². The predicted molar refractivity (Wildman–Crippen MR) is 94.4 cm³/mol. The lowest BCUT2D eigenvalue weighted by molar-refractivity contribution is -0.138. The van der Waals surface area contributed by atoms with Crippen molar-refractivity contribution in [3.05, 3.63) is 41.6 Å². The zero-order chi connectivity index (χ0) is 17.7. The van der Waals surface area contributed by atoms with E-state index < -0.39 is 0 Å². The van der Waals surface area contributed by atoms with Crippen LogP contribution in [0.1, 0.15) is 39.2 Å². The Morgan fingerprint density at radius 3 is 2.38 bits per heavy atom. The number of nitrogens with one attached hydrogen (secondary N) is 1. The van der Waals surface area contributed by atoms with Crippen LogP contribution in [0.4, 0.5) is 5.69 Å². The summed E-state index contributed by atoms with van der Waals surface area (Å²) in [7, 11) is 0. The van der Waals surface area contributed by atoms with Crippen molar-refractivity contribution >= 4 is 11.6 Å². The fourth-order valence-corrected chi connectivity index (χ4v) is 2.78. The summed E-state index contributed by atoms with van der Waals surface area (Å²) in [5.41, 5.74) is 2.20. The highest BCUT2D eigenvalue weighted by Crippen LogP contribution is 2.18. The first kappa shape index (κ1) is 18.0. The number of rotatable bonds is 4. The van der Waals surface area contributed by atoms with Crippen LogP contribution in [0, 0.1) is 11.3 Å². The fraction of sp³-hybridized carbons (Fsp3) is 0.474. The Hall–Kier alpha value is -2.32. The molecule has 1 aliphatic heterocycles. The highest BCUT2D eigenvalue weighted by molar-refractivity contribution is 5.97. The number of nitriles is 1. The molecule has 2 atom stereocenters. The van der Waals surface area contributed by atoms with E-state index in [1.54, 1.807) is 4.90 Å². The Morgan fingerprint density at radius 1 is 1.29 bits per heavy atom. The second-order valence-corrected chi connectivity index (χ2v) is 6.56. The van der Waals surface area contributed by atoms with Gasteiger partial charge in [0.05, 0.1) is 12.2 Å². The molecule has 0 aromatic heterocycles. The molecule has 1 aliphatic rings. The minimum atomic E-state index is -0.259. The minimum Gasteiger partial charge on any atom is -0.372 e. The molecule has 5 nitrogen and oxygen atoms in total. The maximum Gasteiger partial charge on any atom is 0.266 e. The van der Waals surface area contributed by atoms with Gasteiger partial charge in [-0.3, -0.25) is 4.79 Å². The van der Waals surface area contributed by atoms with E-state index in [9.17, 15) is 10.1 Å². The standard InChI is InChI=1S/C19H25N3O2/c1-13(2)16-5-7-18(8-6-16)21-10-17(9-20)19(23)22-11-14(3)24-15(4)12-22/h5-8,10,13-15,21H,11-12H2,1-4H3/b17-10-. The number of carbonyl (C=O) groups excluding carboxylic acids is 1. The fourth-order valence-electron chi connectivity index (χ4n) is 2.78. The van der Waals surface area contributed by atoms with Gasteiger partial charge in [-0.05, 0) is 37.5 Å². The monoisotopic (exact) mass is 327 g/mol. The van der Waals surface area contributed by atoms with Crippen LogP contribution in [-0.2, 0) is 9.53 Å². The van der Waals surface area contributed by atoms with Gasteiger partial charge in [-0.1, -0.05) is 26.0 Å². The first-order valence-corrected chi connectivity index (χ1v) is 8.32. The lowest BCUT2D eigenvalue weighted by Gasteiger charge is -2.35. The number of carbonyl (C=O) groups is 1. The molecule has 0 bridgehead atoms. The molecule has 128 valence electrons. The van der Waals surface area contributed by atoms with Gasteiger partial charge < -0.3 is 15.0 Å². The van der Waals surface area contributed by atoms with Gasteiger partial charge in [0.2, 0.25) is 0 Å². The summed E-state index contributed by atoms with van der Waals surface area (Å²) in [5.74, 6) is 0.210. The molecule has 2 rings (SSSR count). The number of ether oxygens (including phenoxy) is 1. The largest absolute Gasteiger partial charge is 0.372 e. The van der Waals surface area contributed by atoms with Crippen molar-refractivity contribution < 1.29 is 9.53 Å². The first-order valence-electron chi connectivity index (χ1n) is 8.32. The number of hydrogen-bond acceptors (Lipinski definition) is 4. The van der Waals surface area contributed by atoms with Crippen molar-refractivity contribution in [2.75, 3.05) is 18.4 Å². The summed E-state index contributed by atoms with van der Waals surface area (Å²) in [6.45, 7) is 9.15. The summed E-state index contributed by atoms with van der Waals surface area (Å²) in [6, 6.07) is 9.98. The molecule has 1 aromatic carbocycles. The summed E-state index contributed by atoms with van der Waals surface area (Å²) in [5, 5.41) is 12.4. The van der Waals surface area contributed by atoms with Crippen molar-refractivity contribution in [3.8, 4) is 6.07 Å². The number of anilines is 1. The molecule has 5 heteroatoms. The van der Waals surface area contributed by atoms with E-state index in [4.69, 9.17) is 4.74 Å². The molecule has 0 spiro atoms. The van der Waals surface area contributed by atoms with Gasteiger partial charge in [0, 0.05) is 25.0 Å². The van der Waals surface area contributed by atoms with E-state index in [0.717, 1.165) is 5.69 Å². The normalized spacial score (nSPS) is 21.5. The second-order valence-electron chi connectivity index (χ2n) is 6.56. The van der Waals surface area contributed by atoms with Gasteiger partial charge in [-0.25, -0.2) is 0 Å². The molecule has 2 unspecified atom stereocenters. The van der Waals surface area contributed by atoms with Crippen LogP contribution in [0.25, 0.3) is 0 Å². The van der Waals surface area contributed by atoms with E-state index in [-0.39, 0.29) is 23.7 Å². The average Bonchev–Trinajstić information content (AvgIpc) is 2.54. The molecular weight excluding hydrogens is 302 g/mol.